The largest absolute Gasteiger partial charge is 0.337 e. The number of anilines is 1. The standard InChI is InChI=1S/C15H23N3O3S/c1-3-9-22(20,21)17-13-6-4-5-12(10-13)15(19)18(2)14-7-8-16-11-14/h4-6,10,14,16-17H,3,7-9,11H2,1-2H3. The highest BCUT2D eigenvalue weighted by atomic mass is 32.2. The average molecular weight is 325 g/mol. The normalized spacial score (nSPS) is 18.2. The van der Waals surface area contributed by atoms with Crippen LogP contribution in [-0.2, 0) is 10.0 Å². The van der Waals surface area contributed by atoms with Gasteiger partial charge in [-0.3, -0.25) is 9.52 Å². The summed E-state index contributed by atoms with van der Waals surface area (Å²) in [6.07, 6.45) is 1.48. The molecule has 1 amide bonds. The van der Waals surface area contributed by atoms with Crippen LogP contribution < -0.4 is 10.0 Å². The van der Waals surface area contributed by atoms with Crippen LogP contribution in [0.15, 0.2) is 24.3 Å². The van der Waals surface area contributed by atoms with Gasteiger partial charge in [0.15, 0.2) is 0 Å². The molecule has 0 spiro atoms. The molecule has 0 aliphatic carbocycles. The van der Waals surface area contributed by atoms with Crippen LogP contribution in [0.5, 0.6) is 0 Å². The molecule has 2 rings (SSSR count). The average Bonchev–Trinajstić information content (AvgIpc) is 2.99. The topological polar surface area (TPSA) is 78.5 Å². The zero-order chi connectivity index (χ0) is 16.2. The summed E-state index contributed by atoms with van der Waals surface area (Å²) >= 11 is 0. The number of likely N-dealkylation sites (N-methyl/N-ethyl adjacent to an activating group) is 1. The molecule has 7 heteroatoms. The Balaban J connectivity index is 2.12. The smallest absolute Gasteiger partial charge is 0.253 e. The fraction of sp³-hybridized carbons (Fsp3) is 0.533. The van der Waals surface area contributed by atoms with Crippen molar-refractivity contribution < 1.29 is 13.2 Å². The maximum Gasteiger partial charge on any atom is 0.253 e. The number of benzene rings is 1. The third-order valence-corrected chi connectivity index (χ3v) is 5.25. The van der Waals surface area contributed by atoms with E-state index < -0.39 is 10.0 Å². The Morgan fingerprint density at radius 2 is 2.23 bits per heavy atom. The Morgan fingerprint density at radius 3 is 2.86 bits per heavy atom. The van der Waals surface area contributed by atoms with E-state index in [0.29, 0.717) is 17.7 Å². The number of hydrogen-bond donors (Lipinski definition) is 2. The lowest BCUT2D eigenvalue weighted by atomic mass is 10.1. The first-order valence-corrected chi connectivity index (χ1v) is 9.16. The number of nitrogens with zero attached hydrogens (tertiary/aromatic N) is 1. The van der Waals surface area contributed by atoms with Gasteiger partial charge < -0.3 is 10.2 Å². The highest BCUT2D eigenvalue weighted by Crippen LogP contribution is 2.16. The van der Waals surface area contributed by atoms with Crippen molar-refractivity contribution >= 4 is 21.6 Å². The maximum atomic E-state index is 12.5. The van der Waals surface area contributed by atoms with Gasteiger partial charge >= 0.3 is 0 Å². The molecule has 1 atom stereocenters. The second kappa shape index (κ2) is 7.11. The van der Waals surface area contributed by atoms with Gasteiger partial charge in [-0.1, -0.05) is 13.0 Å². The Hall–Kier alpha value is -1.60. The Kier molecular flexibility index (Phi) is 5.42. The second-order valence-corrected chi connectivity index (χ2v) is 7.41. The Bertz CT molecular complexity index is 625. The fourth-order valence-electron chi connectivity index (χ4n) is 2.55. The Morgan fingerprint density at radius 1 is 1.45 bits per heavy atom. The zero-order valence-electron chi connectivity index (χ0n) is 13.0. The summed E-state index contributed by atoms with van der Waals surface area (Å²) in [5.41, 5.74) is 0.920. The van der Waals surface area contributed by atoms with Crippen molar-refractivity contribution in [3.63, 3.8) is 0 Å². The second-order valence-electron chi connectivity index (χ2n) is 5.56. The number of carbonyl (C=O) groups is 1. The minimum Gasteiger partial charge on any atom is -0.337 e. The van der Waals surface area contributed by atoms with E-state index in [4.69, 9.17) is 0 Å². The van der Waals surface area contributed by atoms with Gasteiger partial charge in [-0.2, -0.15) is 0 Å². The van der Waals surface area contributed by atoms with Crippen molar-refractivity contribution in [1.82, 2.24) is 10.2 Å². The predicted molar refractivity (Wildman–Crippen MR) is 87.5 cm³/mol. The SMILES string of the molecule is CCCS(=O)(=O)Nc1cccc(C(=O)N(C)C2CCNC2)c1. The number of amides is 1. The summed E-state index contributed by atoms with van der Waals surface area (Å²) in [4.78, 5) is 14.2. The van der Waals surface area contributed by atoms with Gasteiger partial charge in [-0.15, -0.1) is 0 Å². The Labute approximate surface area is 131 Å². The molecule has 1 aliphatic rings. The number of rotatable bonds is 6. The molecule has 122 valence electrons. The molecule has 1 saturated heterocycles. The molecule has 1 aromatic carbocycles. The zero-order valence-corrected chi connectivity index (χ0v) is 13.8. The molecule has 0 bridgehead atoms. The van der Waals surface area contributed by atoms with E-state index in [-0.39, 0.29) is 17.7 Å². The molecule has 0 radical (unpaired) electrons. The van der Waals surface area contributed by atoms with Crippen molar-refractivity contribution in [1.29, 1.82) is 0 Å². The minimum atomic E-state index is -3.35. The summed E-state index contributed by atoms with van der Waals surface area (Å²) in [6, 6.07) is 6.83. The predicted octanol–water partition coefficient (Wildman–Crippen LogP) is 1.27. The van der Waals surface area contributed by atoms with Crippen molar-refractivity contribution in [2.75, 3.05) is 30.6 Å². The lowest BCUT2D eigenvalue weighted by molar-refractivity contribution is 0.0744. The molecule has 2 N–H and O–H groups in total. The highest BCUT2D eigenvalue weighted by Gasteiger charge is 2.24. The van der Waals surface area contributed by atoms with Crippen LogP contribution in [0.1, 0.15) is 30.1 Å². The van der Waals surface area contributed by atoms with Crippen molar-refractivity contribution in [3.8, 4) is 0 Å². The van der Waals surface area contributed by atoms with Gasteiger partial charge in [0.1, 0.15) is 0 Å². The van der Waals surface area contributed by atoms with E-state index in [1.54, 1.807) is 36.2 Å². The van der Waals surface area contributed by atoms with Crippen molar-refractivity contribution in [3.05, 3.63) is 29.8 Å². The number of hydrogen-bond acceptors (Lipinski definition) is 4. The van der Waals surface area contributed by atoms with Gasteiger partial charge in [-0.05, 0) is 37.6 Å². The number of carbonyl (C=O) groups excluding carboxylic acids is 1. The van der Waals surface area contributed by atoms with Crippen LogP contribution in [0, 0.1) is 0 Å². The van der Waals surface area contributed by atoms with E-state index >= 15 is 0 Å². The van der Waals surface area contributed by atoms with E-state index in [0.717, 1.165) is 19.5 Å². The van der Waals surface area contributed by atoms with Crippen LogP contribution in [0.4, 0.5) is 5.69 Å². The lowest BCUT2D eigenvalue weighted by Crippen LogP contribution is -2.38. The van der Waals surface area contributed by atoms with E-state index in [1.165, 1.54) is 0 Å². The molecule has 1 heterocycles. The van der Waals surface area contributed by atoms with Crippen LogP contribution in [0.25, 0.3) is 0 Å². The van der Waals surface area contributed by atoms with E-state index in [9.17, 15) is 13.2 Å². The van der Waals surface area contributed by atoms with E-state index in [1.807, 2.05) is 6.92 Å². The molecular weight excluding hydrogens is 302 g/mol. The third-order valence-electron chi connectivity index (χ3n) is 3.76. The first-order valence-electron chi connectivity index (χ1n) is 7.51. The summed E-state index contributed by atoms with van der Waals surface area (Å²) in [6.45, 7) is 3.52. The molecule has 1 unspecified atom stereocenters. The van der Waals surface area contributed by atoms with Crippen molar-refractivity contribution in [2.45, 2.75) is 25.8 Å². The molecular formula is C15H23N3O3S. The molecule has 1 aromatic rings. The summed E-state index contributed by atoms with van der Waals surface area (Å²) < 4.78 is 26.1. The minimum absolute atomic E-state index is 0.0683. The molecule has 0 aromatic heterocycles. The first-order chi connectivity index (χ1) is 10.4. The highest BCUT2D eigenvalue weighted by molar-refractivity contribution is 7.92. The number of nitrogens with one attached hydrogen (secondary N) is 2. The van der Waals surface area contributed by atoms with Gasteiger partial charge in [-0.25, -0.2) is 8.42 Å². The molecule has 22 heavy (non-hydrogen) atoms. The summed E-state index contributed by atoms with van der Waals surface area (Å²) in [5.74, 6) is -0.0241. The van der Waals surface area contributed by atoms with Crippen LogP contribution in [0.3, 0.4) is 0 Å². The van der Waals surface area contributed by atoms with Crippen molar-refractivity contribution in [2.24, 2.45) is 0 Å². The quantitative estimate of drug-likeness (QED) is 0.826. The van der Waals surface area contributed by atoms with Gasteiger partial charge in [0, 0.05) is 30.9 Å². The summed E-state index contributed by atoms with van der Waals surface area (Å²) in [7, 11) is -1.56. The third kappa shape index (κ3) is 4.20. The fourth-order valence-corrected chi connectivity index (χ4v) is 3.68. The molecule has 0 saturated carbocycles. The number of sulfonamides is 1. The monoisotopic (exact) mass is 325 g/mol. The van der Waals surface area contributed by atoms with Crippen LogP contribution in [-0.4, -0.2) is 51.2 Å². The van der Waals surface area contributed by atoms with Crippen LogP contribution >= 0.6 is 0 Å². The van der Waals surface area contributed by atoms with Gasteiger partial charge in [0.2, 0.25) is 10.0 Å². The molecule has 1 fully saturated rings. The van der Waals surface area contributed by atoms with Gasteiger partial charge in [0.05, 0.1) is 5.75 Å². The molecule has 1 aliphatic heterocycles. The molecule has 6 nitrogen and oxygen atoms in total. The summed E-state index contributed by atoms with van der Waals surface area (Å²) in [5, 5.41) is 3.23. The van der Waals surface area contributed by atoms with Gasteiger partial charge in [0.25, 0.3) is 5.91 Å². The lowest BCUT2D eigenvalue weighted by Gasteiger charge is -2.24. The first kappa shape index (κ1) is 16.8. The van der Waals surface area contributed by atoms with Crippen LogP contribution in [0.2, 0.25) is 0 Å². The van der Waals surface area contributed by atoms with E-state index in [2.05, 4.69) is 10.0 Å². The maximum absolute atomic E-state index is 12.5.